The number of hydrogen-bond donors (Lipinski definition) is 8. The molecule has 0 saturated carbocycles. The van der Waals surface area contributed by atoms with Crippen molar-refractivity contribution in [1.29, 1.82) is 0 Å². The van der Waals surface area contributed by atoms with Crippen LogP contribution in [0.1, 0.15) is 27.2 Å². The van der Waals surface area contributed by atoms with Crippen molar-refractivity contribution >= 4 is 42.3 Å². The van der Waals surface area contributed by atoms with Crippen LogP contribution in [0.3, 0.4) is 0 Å². The molecular weight excluding hydrogens is 408 g/mol. The first kappa shape index (κ1) is 26.6. The minimum Gasteiger partial charge on any atom is -0.481 e. The predicted octanol–water partition coefficient (Wildman–Crippen LogP) is -2.71. The van der Waals surface area contributed by atoms with Crippen molar-refractivity contribution in [2.24, 2.45) is 11.7 Å². The van der Waals surface area contributed by atoms with Crippen LogP contribution in [-0.2, 0) is 24.0 Å². The SMILES string of the molecule is CC(C)C(N)C(=O)NC(CC(=O)O)C(=O)NC(CS)C(=O)NC(C(=O)O)C(C)O. The third-order valence-corrected chi connectivity index (χ3v) is 4.26. The number of aliphatic carboxylic acids is 2. The first-order valence-corrected chi connectivity index (χ1v) is 9.35. The lowest BCUT2D eigenvalue weighted by atomic mass is 10.0. The normalized spacial score (nSPS) is 16.1. The van der Waals surface area contributed by atoms with Gasteiger partial charge in [-0.05, 0) is 12.8 Å². The Hall–Kier alpha value is -2.38. The Bertz CT molecular complexity index is 628. The van der Waals surface area contributed by atoms with Gasteiger partial charge in [0.05, 0.1) is 18.6 Å². The van der Waals surface area contributed by atoms with E-state index in [1.54, 1.807) is 13.8 Å². The quantitative estimate of drug-likeness (QED) is 0.149. The van der Waals surface area contributed by atoms with E-state index in [1.807, 2.05) is 0 Å². The predicted molar refractivity (Wildman–Crippen MR) is 104 cm³/mol. The maximum atomic E-state index is 12.4. The average Bonchev–Trinajstić information content (AvgIpc) is 2.61. The van der Waals surface area contributed by atoms with Crippen molar-refractivity contribution in [3.63, 3.8) is 0 Å². The number of aliphatic hydroxyl groups is 1. The fraction of sp³-hybridized carbons (Fsp3) is 0.688. The van der Waals surface area contributed by atoms with Crippen LogP contribution in [0.2, 0.25) is 0 Å². The van der Waals surface area contributed by atoms with Gasteiger partial charge < -0.3 is 37.0 Å². The Morgan fingerprint density at radius 1 is 0.897 bits per heavy atom. The van der Waals surface area contributed by atoms with E-state index in [0.717, 1.165) is 6.92 Å². The summed E-state index contributed by atoms with van der Waals surface area (Å²) in [5, 5.41) is 33.9. The Labute approximate surface area is 173 Å². The standard InChI is InChI=1S/C16H28N4O8S/c1-6(2)11(17)15(26)18-8(4-10(22)23)13(24)19-9(5-29)14(25)20-12(7(3)21)16(27)28/h6-9,11-12,21,29H,4-5,17H2,1-3H3,(H,18,26)(H,19,24)(H,20,25)(H,22,23)(H,27,28). The highest BCUT2D eigenvalue weighted by Gasteiger charge is 2.32. The number of amides is 3. The number of carbonyl (C=O) groups is 5. The third-order valence-electron chi connectivity index (χ3n) is 3.89. The summed E-state index contributed by atoms with van der Waals surface area (Å²) in [6.45, 7) is 4.49. The summed E-state index contributed by atoms with van der Waals surface area (Å²) in [6.07, 6.45) is -2.18. The molecule has 0 radical (unpaired) electrons. The van der Waals surface area contributed by atoms with Crippen molar-refractivity contribution in [2.75, 3.05) is 5.75 Å². The molecule has 0 fully saturated rings. The molecule has 0 spiro atoms. The average molecular weight is 436 g/mol. The summed E-state index contributed by atoms with van der Waals surface area (Å²) in [5.74, 6) is -6.09. The molecule has 8 N–H and O–H groups in total. The maximum Gasteiger partial charge on any atom is 0.328 e. The molecule has 166 valence electrons. The zero-order valence-corrected chi connectivity index (χ0v) is 17.2. The van der Waals surface area contributed by atoms with Crippen molar-refractivity contribution in [3.8, 4) is 0 Å². The molecule has 12 nitrogen and oxygen atoms in total. The Balaban J connectivity index is 5.27. The molecule has 0 aromatic heterocycles. The second-order valence-corrected chi connectivity index (χ2v) is 7.10. The summed E-state index contributed by atoms with van der Waals surface area (Å²) < 4.78 is 0. The van der Waals surface area contributed by atoms with Gasteiger partial charge in [0.2, 0.25) is 17.7 Å². The number of thiol groups is 1. The zero-order chi connectivity index (χ0) is 22.9. The van der Waals surface area contributed by atoms with Gasteiger partial charge in [0.15, 0.2) is 6.04 Å². The highest BCUT2D eigenvalue weighted by molar-refractivity contribution is 7.80. The zero-order valence-electron chi connectivity index (χ0n) is 16.3. The van der Waals surface area contributed by atoms with E-state index in [4.69, 9.17) is 15.9 Å². The molecule has 0 heterocycles. The minimum absolute atomic E-state index is 0.261. The first-order chi connectivity index (χ1) is 13.3. The molecule has 0 aromatic rings. The van der Waals surface area contributed by atoms with Gasteiger partial charge in [0.25, 0.3) is 0 Å². The molecule has 0 aliphatic heterocycles. The monoisotopic (exact) mass is 436 g/mol. The minimum atomic E-state index is -1.62. The molecule has 5 unspecified atom stereocenters. The number of nitrogens with two attached hydrogens (primary N) is 1. The van der Waals surface area contributed by atoms with E-state index in [9.17, 15) is 29.1 Å². The second kappa shape index (κ2) is 12.2. The van der Waals surface area contributed by atoms with E-state index < -0.39 is 66.4 Å². The summed E-state index contributed by atoms with van der Waals surface area (Å²) in [7, 11) is 0. The summed E-state index contributed by atoms with van der Waals surface area (Å²) in [4.78, 5) is 58.8. The van der Waals surface area contributed by atoms with E-state index in [0.29, 0.717) is 0 Å². The van der Waals surface area contributed by atoms with Crippen LogP contribution >= 0.6 is 12.6 Å². The van der Waals surface area contributed by atoms with Crippen LogP contribution in [0.15, 0.2) is 0 Å². The number of carboxylic acids is 2. The van der Waals surface area contributed by atoms with Crippen molar-refractivity contribution in [1.82, 2.24) is 16.0 Å². The van der Waals surface area contributed by atoms with Crippen LogP contribution < -0.4 is 21.7 Å². The fourth-order valence-electron chi connectivity index (χ4n) is 2.06. The van der Waals surface area contributed by atoms with E-state index in [-0.39, 0.29) is 11.7 Å². The van der Waals surface area contributed by atoms with E-state index in [1.165, 1.54) is 0 Å². The van der Waals surface area contributed by atoms with Crippen LogP contribution in [0.25, 0.3) is 0 Å². The topological polar surface area (TPSA) is 208 Å². The highest BCUT2D eigenvalue weighted by Crippen LogP contribution is 2.02. The molecule has 0 rings (SSSR count). The van der Waals surface area contributed by atoms with Gasteiger partial charge in [-0.3, -0.25) is 19.2 Å². The Kier molecular flexibility index (Phi) is 11.2. The summed E-state index contributed by atoms with van der Waals surface area (Å²) in [5.41, 5.74) is 5.68. The molecule has 29 heavy (non-hydrogen) atoms. The van der Waals surface area contributed by atoms with Gasteiger partial charge in [-0.15, -0.1) is 0 Å². The van der Waals surface area contributed by atoms with Crippen LogP contribution in [0, 0.1) is 5.92 Å². The molecule has 3 amide bonds. The molecular formula is C16H28N4O8S. The van der Waals surface area contributed by atoms with E-state index in [2.05, 4.69) is 28.6 Å². The van der Waals surface area contributed by atoms with Crippen LogP contribution in [0.4, 0.5) is 0 Å². The van der Waals surface area contributed by atoms with Crippen LogP contribution in [-0.4, -0.2) is 81.0 Å². The molecule has 0 aliphatic carbocycles. The number of nitrogens with one attached hydrogen (secondary N) is 3. The molecule has 0 aromatic carbocycles. The maximum absolute atomic E-state index is 12.4. The van der Waals surface area contributed by atoms with Gasteiger partial charge in [-0.1, -0.05) is 13.8 Å². The first-order valence-electron chi connectivity index (χ1n) is 8.72. The van der Waals surface area contributed by atoms with Crippen LogP contribution in [0.5, 0.6) is 0 Å². The number of aliphatic hydroxyl groups excluding tert-OH is 1. The fourth-order valence-corrected chi connectivity index (χ4v) is 2.32. The molecule has 5 atom stereocenters. The molecule has 0 aliphatic rings. The van der Waals surface area contributed by atoms with Gasteiger partial charge in [-0.25, -0.2) is 4.79 Å². The summed E-state index contributed by atoms with van der Waals surface area (Å²) in [6, 6.07) is -5.48. The Morgan fingerprint density at radius 2 is 1.38 bits per heavy atom. The number of hydrogen-bond acceptors (Lipinski definition) is 8. The van der Waals surface area contributed by atoms with Gasteiger partial charge >= 0.3 is 11.9 Å². The lowest BCUT2D eigenvalue weighted by Gasteiger charge is -2.25. The highest BCUT2D eigenvalue weighted by atomic mass is 32.1. The molecule has 13 heteroatoms. The summed E-state index contributed by atoms with van der Waals surface area (Å²) >= 11 is 3.91. The molecule has 0 saturated heterocycles. The largest absolute Gasteiger partial charge is 0.481 e. The number of carboxylic acid groups (broad SMARTS) is 2. The van der Waals surface area contributed by atoms with E-state index >= 15 is 0 Å². The second-order valence-electron chi connectivity index (χ2n) is 6.74. The lowest BCUT2D eigenvalue weighted by Crippen LogP contribution is -2.59. The van der Waals surface area contributed by atoms with Crippen molar-refractivity contribution < 1.29 is 39.3 Å². The smallest absolute Gasteiger partial charge is 0.328 e. The van der Waals surface area contributed by atoms with Crippen molar-refractivity contribution in [2.45, 2.75) is 57.5 Å². The van der Waals surface area contributed by atoms with Gasteiger partial charge in [-0.2, -0.15) is 12.6 Å². The van der Waals surface area contributed by atoms with Crippen molar-refractivity contribution in [3.05, 3.63) is 0 Å². The number of carbonyl (C=O) groups excluding carboxylic acids is 3. The van der Waals surface area contributed by atoms with Gasteiger partial charge in [0.1, 0.15) is 12.1 Å². The Morgan fingerprint density at radius 3 is 1.76 bits per heavy atom. The third kappa shape index (κ3) is 9.11. The lowest BCUT2D eigenvalue weighted by molar-refractivity contribution is -0.145. The molecule has 0 bridgehead atoms. The van der Waals surface area contributed by atoms with Gasteiger partial charge in [0, 0.05) is 5.75 Å². The number of rotatable bonds is 12.